The van der Waals surface area contributed by atoms with Crippen molar-refractivity contribution in [3.8, 4) is 11.8 Å². The van der Waals surface area contributed by atoms with Gasteiger partial charge in [0.15, 0.2) is 0 Å². The Bertz CT molecular complexity index is 461. The summed E-state index contributed by atoms with van der Waals surface area (Å²) in [6.07, 6.45) is -2.91. The molecule has 0 amide bonds. The van der Waals surface area contributed by atoms with Crippen molar-refractivity contribution >= 4 is 0 Å². The lowest BCUT2D eigenvalue weighted by molar-refractivity contribution is -0.139. The van der Waals surface area contributed by atoms with Crippen molar-refractivity contribution in [2.45, 2.75) is 32.9 Å². The van der Waals surface area contributed by atoms with E-state index in [9.17, 15) is 13.2 Å². The average Bonchev–Trinajstić information content (AvgIpc) is 2.33. The summed E-state index contributed by atoms with van der Waals surface area (Å²) < 4.78 is 43.6. The van der Waals surface area contributed by atoms with Gasteiger partial charge in [-0.1, -0.05) is 13.8 Å². The van der Waals surface area contributed by atoms with E-state index in [1.54, 1.807) is 6.07 Å². The van der Waals surface area contributed by atoms with Gasteiger partial charge in [-0.15, -0.1) is 0 Å². The molecule has 1 rings (SSSR count). The van der Waals surface area contributed by atoms with Crippen molar-refractivity contribution in [2.75, 3.05) is 6.61 Å². The molecule has 0 N–H and O–H groups in total. The van der Waals surface area contributed by atoms with Crippen LogP contribution in [0.3, 0.4) is 0 Å². The SMILES string of the molecule is CC(C)CCCOc1ccc(C#N)cc1C(F)(F)F. The van der Waals surface area contributed by atoms with Crippen LogP contribution in [0.1, 0.15) is 37.8 Å². The molecule has 0 fully saturated rings. The minimum absolute atomic E-state index is 0.0261. The van der Waals surface area contributed by atoms with Gasteiger partial charge in [-0.2, -0.15) is 18.4 Å². The normalized spacial score (nSPS) is 11.4. The molecule has 19 heavy (non-hydrogen) atoms. The highest BCUT2D eigenvalue weighted by Crippen LogP contribution is 2.36. The molecule has 0 aliphatic carbocycles. The van der Waals surface area contributed by atoms with Gasteiger partial charge in [-0.3, -0.25) is 0 Å². The van der Waals surface area contributed by atoms with Gasteiger partial charge in [0, 0.05) is 0 Å². The highest BCUT2D eigenvalue weighted by molar-refractivity contribution is 5.43. The van der Waals surface area contributed by atoms with Crippen LogP contribution in [0.2, 0.25) is 0 Å². The maximum Gasteiger partial charge on any atom is 0.420 e. The van der Waals surface area contributed by atoms with E-state index in [0.29, 0.717) is 12.3 Å². The molecule has 0 aromatic heterocycles. The Balaban J connectivity index is 2.80. The summed E-state index contributed by atoms with van der Waals surface area (Å²) in [5.41, 5.74) is -0.919. The number of nitriles is 1. The molecule has 0 aliphatic heterocycles. The molecule has 1 aromatic carbocycles. The zero-order valence-electron chi connectivity index (χ0n) is 10.9. The topological polar surface area (TPSA) is 33.0 Å². The standard InChI is InChI=1S/C14H16F3NO/c1-10(2)4-3-7-19-13-6-5-11(9-18)8-12(13)14(15,16)17/h5-6,8,10H,3-4,7H2,1-2H3. The molecule has 0 saturated carbocycles. The first-order valence-electron chi connectivity index (χ1n) is 6.08. The number of halogens is 3. The number of benzene rings is 1. The van der Waals surface area contributed by atoms with Crippen molar-refractivity contribution in [3.63, 3.8) is 0 Å². The fourth-order valence-electron chi connectivity index (χ4n) is 1.62. The Kier molecular flexibility index (Phi) is 5.22. The Labute approximate surface area is 110 Å². The fraction of sp³-hybridized carbons (Fsp3) is 0.500. The number of hydrogen-bond donors (Lipinski definition) is 0. The summed E-state index contributed by atoms with van der Waals surface area (Å²) in [6, 6.07) is 5.04. The molecule has 0 atom stereocenters. The Morgan fingerprint density at radius 1 is 1.32 bits per heavy atom. The van der Waals surface area contributed by atoms with Crippen molar-refractivity contribution in [1.29, 1.82) is 5.26 Å². The van der Waals surface area contributed by atoms with Gasteiger partial charge < -0.3 is 4.74 Å². The molecule has 104 valence electrons. The molecule has 1 aromatic rings. The molecular weight excluding hydrogens is 255 g/mol. The highest BCUT2D eigenvalue weighted by Gasteiger charge is 2.34. The molecule has 0 bridgehead atoms. The number of ether oxygens (including phenoxy) is 1. The Morgan fingerprint density at radius 3 is 2.53 bits per heavy atom. The van der Waals surface area contributed by atoms with E-state index in [2.05, 4.69) is 0 Å². The van der Waals surface area contributed by atoms with Crippen LogP contribution in [0.15, 0.2) is 18.2 Å². The zero-order valence-corrected chi connectivity index (χ0v) is 10.9. The molecule has 2 nitrogen and oxygen atoms in total. The summed E-state index contributed by atoms with van der Waals surface area (Å²) in [4.78, 5) is 0. The molecular formula is C14H16F3NO. The third-order valence-electron chi connectivity index (χ3n) is 2.60. The van der Waals surface area contributed by atoms with Crippen LogP contribution in [0.4, 0.5) is 13.2 Å². The molecule has 0 unspecified atom stereocenters. The first-order valence-corrected chi connectivity index (χ1v) is 6.08. The smallest absolute Gasteiger partial charge is 0.420 e. The summed E-state index contributed by atoms with van der Waals surface area (Å²) >= 11 is 0. The number of hydrogen-bond acceptors (Lipinski definition) is 2. The van der Waals surface area contributed by atoms with Crippen LogP contribution in [0, 0.1) is 17.2 Å². The Hall–Kier alpha value is -1.70. The Morgan fingerprint density at radius 2 is 2.00 bits per heavy atom. The van der Waals surface area contributed by atoms with E-state index in [0.717, 1.165) is 12.5 Å². The van der Waals surface area contributed by atoms with E-state index in [1.807, 2.05) is 13.8 Å². The van der Waals surface area contributed by atoms with Gasteiger partial charge in [0.2, 0.25) is 0 Å². The molecule has 0 heterocycles. The van der Waals surface area contributed by atoms with Gasteiger partial charge >= 0.3 is 6.18 Å². The van der Waals surface area contributed by atoms with Crippen LogP contribution in [0.25, 0.3) is 0 Å². The molecule has 0 aliphatic rings. The third-order valence-corrected chi connectivity index (χ3v) is 2.60. The maximum absolute atomic E-state index is 12.8. The van der Waals surface area contributed by atoms with Crippen molar-refractivity contribution in [2.24, 2.45) is 5.92 Å². The van der Waals surface area contributed by atoms with Crippen LogP contribution >= 0.6 is 0 Å². The van der Waals surface area contributed by atoms with Crippen LogP contribution in [-0.2, 0) is 6.18 Å². The van der Waals surface area contributed by atoms with Gasteiger partial charge in [-0.25, -0.2) is 0 Å². The lowest BCUT2D eigenvalue weighted by Gasteiger charge is -2.14. The van der Waals surface area contributed by atoms with Gasteiger partial charge in [0.05, 0.1) is 23.8 Å². The first-order chi connectivity index (χ1) is 8.84. The van der Waals surface area contributed by atoms with E-state index >= 15 is 0 Å². The predicted molar refractivity (Wildman–Crippen MR) is 65.7 cm³/mol. The van der Waals surface area contributed by atoms with Crippen molar-refractivity contribution in [1.82, 2.24) is 0 Å². The fourth-order valence-corrected chi connectivity index (χ4v) is 1.62. The summed E-state index contributed by atoms with van der Waals surface area (Å²) in [7, 11) is 0. The molecule has 0 saturated heterocycles. The quantitative estimate of drug-likeness (QED) is 0.744. The van der Waals surface area contributed by atoms with Crippen LogP contribution in [0.5, 0.6) is 5.75 Å². The minimum atomic E-state index is -4.51. The first kappa shape index (κ1) is 15.4. The third kappa shape index (κ3) is 4.82. The van der Waals surface area contributed by atoms with Crippen molar-refractivity contribution in [3.05, 3.63) is 29.3 Å². The highest BCUT2D eigenvalue weighted by atomic mass is 19.4. The van der Waals surface area contributed by atoms with Gasteiger partial charge in [-0.05, 0) is 37.0 Å². The van der Waals surface area contributed by atoms with E-state index in [1.165, 1.54) is 12.1 Å². The average molecular weight is 271 g/mol. The minimum Gasteiger partial charge on any atom is -0.493 e. The lowest BCUT2D eigenvalue weighted by atomic mass is 10.1. The van der Waals surface area contributed by atoms with E-state index in [4.69, 9.17) is 10.00 Å². The largest absolute Gasteiger partial charge is 0.493 e. The second kappa shape index (κ2) is 6.46. The van der Waals surface area contributed by atoms with Crippen LogP contribution < -0.4 is 4.74 Å². The zero-order chi connectivity index (χ0) is 14.5. The number of nitrogens with zero attached hydrogens (tertiary/aromatic N) is 1. The van der Waals surface area contributed by atoms with Gasteiger partial charge in [0.1, 0.15) is 5.75 Å². The van der Waals surface area contributed by atoms with Crippen molar-refractivity contribution < 1.29 is 17.9 Å². The van der Waals surface area contributed by atoms with Crippen LogP contribution in [-0.4, -0.2) is 6.61 Å². The second-order valence-electron chi connectivity index (χ2n) is 4.71. The lowest BCUT2D eigenvalue weighted by Crippen LogP contribution is -2.10. The van der Waals surface area contributed by atoms with Gasteiger partial charge in [0.25, 0.3) is 0 Å². The predicted octanol–water partition coefficient (Wildman–Crippen LogP) is 4.39. The summed E-state index contributed by atoms with van der Waals surface area (Å²) in [5, 5.41) is 8.64. The summed E-state index contributed by atoms with van der Waals surface area (Å²) in [5.74, 6) is 0.280. The second-order valence-corrected chi connectivity index (χ2v) is 4.71. The molecule has 0 radical (unpaired) electrons. The van der Waals surface area contributed by atoms with E-state index < -0.39 is 11.7 Å². The van der Waals surface area contributed by atoms with E-state index in [-0.39, 0.29) is 17.9 Å². The number of alkyl halides is 3. The monoisotopic (exact) mass is 271 g/mol. The summed E-state index contributed by atoms with van der Waals surface area (Å²) in [6.45, 7) is 4.33. The molecule has 0 spiro atoms. The number of rotatable bonds is 5. The maximum atomic E-state index is 12.8. The molecule has 5 heteroatoms.